The van der Waals surface area contributed by atoms with Crippen molar-refractivity contribution in [2.24, 2.45) is 0 Å². The van der Waals surface area contributed by atoms with Crippen molar-refractivity contribution < 1.29 is 9.47 Å². The number of benzene rings is 4. The maximum Gasteiger partial charge on any atom is 0.195 e. The minimum absolute atomic E-state index is 0.0513. The SMILES string of the molecule is O=c1c2ccccc2sc2ccc(N3C4CCCCC4OC4CC5C(CC43)OC3CCCCC3N5c3ccc4sc5ccccc5c(=O)c4c3)cc12. The molecule has 3 saturated carbocycles. The number of morpholine rings is 2. The Balaban J connectivity index is 1.00. The molecule has 6 aromatic rings. The highest BCUT2D eigenvalue weighted by Crippen LogP contribution is 2.48. The lowest BCUT2D eigenvalue weighted by Crippen LogP contribution is -2.71. The van der Waals surface area contributed by atoms with Crippen LogP contribution in [0.3, 0.4) is 0 Å². The fraction of sp³-hybridized carbons (Fsp3) is 0.409. The first-order valence-corrected chi connectivity index (χ1v) is 21.0. The zero-order chi connectivity index (χ0) is 34.5. The van der Waals surface area contributed by atoms with Crippen molar-refractivity contribution in [1.82, 2.24) is 0 Å². The standard InChI is InChI=1S/C44H42N2O4S2/c47-43-27-9-1-7-15-39(27)51-41-19-17-25(21-29(41)43)45-31-11-3-5-13-35(31)49-37-24-34-38(23-33(37)45)50-36-14-6-4-12-32(36)46(34)26-18-20-42-30(22-26)44(48)28-10-2-8-16-40(28)52-42/h1-2,7-10,15-22,31-38H,3-6,11-14,23-24H2. The molecule has 52 heavy (non-hydrogen) atoms. The van der Waals surface area contributed by atoms with E-state index in [1.54, 1.807) is 22.7 Å². The molecule has 11 rings (SSSR count). The first kappa shape index (κ1) is 31.7. The van der Waals surface area contributed by atoms with E-state index in [0.717, 1.165) is 90.2 Å². The van der Waals surface area contributed by atoms with Crippen molar-refractivity contribution in [3.8, 4) is 0 Å². The van der Waals surface area contributed by atoms with Gasteiger partial charge in [0.25, 0.3) is 0 Å². The number of ether oxygens (including phenoxy) is 2. The topological polar surface area (TPSA) is 59.1 Å². The summed E-state index contributed by atoms with van der Waals surface area (Å²) < 4.78 is 18.5. The molecule has 4 heterocycles. The van der Waals surface area contributed by atoms with Crippen LogP contribution in [0, 0.1) is 0 Å². The van der Waals surface area contributed by atoms with E-state index in [4.69, 9.17) is 9.47 Å². The summed E-state index contributed by atoms with van der Waals surface area (Å²) in [7, 11) is 0. The number of hydrogen-bond donors (Lipinski definition) is 0. The van der Waals surface area contributed by atoms with Crippen LogP contribution >= 0.6 is 22.7 Å². The van der Waals surface area contributed by atoms with Gasteiger partial charge in [0.2, 0.25) is 0 Å². The highest BCUT2D eigenvalue weighted by Gasteiger charge is 2.54. The van der Waals surface area contributed by atoms with E-state index in [1.807, 2.05) is 36.4 Å². The van der Waals surface area contributed by atoms with Gasteiger partial charge in [-0.2, -0.15) is 0 Å². The molecule has 8 atom stereocenters. The molecular formula is C44H42N2O4S2. The third-order valence-electron chi connectivity index (χ3n) is 13.0. The summed E-state index contributed by atoms with van der Waals surface area (Å²) in [6.07, 6.45) is 11.4. The van der Waals surface area contributed by atoms with E-state index >= 15 is 0 Å². The van der Waals surface area contributed by atoms with Gasteiger partial charge in [0.15, 0.2) is 10.9 Å². The fourth-order valence-electron chi connectivity index (χ4n) is 10.7. The summed E-state index contributed by atoms with van der Waals surface area (Å²) in [6, 6.07) is 30.1. The number of nitrogens with zero attached hydrogens (tertiary/aromatic N) is 2. The first-order chi connectivity index (χ1) is 25.6. The van der Waals surface area contributed by atoms with Crippen LogP contribution in [0.15, 0.2) is 94.5 Å². The predicted molar refractivity (Wildman–Crippen MR) is 215 cm³/mol. The monoisotopic (exact) mass is 726 g/mol. The molecular weight excluding hydrogens is 685 g/mol. The molecule has 0 amide bonds. The van der Waals surface area contributed by atoms with E-state index in [1.165, 1.54) is 25.7 Å². The Hall–Kier alpha value is -3.82. The molecule has 4 aromatic carbocycles. The largest absolute Gasteiger partial charge is 0.371 e. The molecule has 0 bridgehead atoms. The number of rotatable bonds is 2. The van der Waals surface area contributed by atoms with Gasteiger partial charge in [0, 0.05) is 51.7 Å². The van der Waals surface area contributed by atoms with Gasteiger partial charge in [-0.3, -0.25) is 9.59 Å². The molecule has 0 spiro atoms. The van der Waals surface area contributed by atoms with Crippen LogP contribution in [-0.2, 0) is 9.47 Å². The maximum atomic E-state index is 13.9. The Morgan fingerprint density at radius 3 is 1.37 bits per heavy atom. The average Bonchev–Trinajstić information content (AvgIpc) is 3.18. The van der Waals surface area contributed by atoms with Gasteiger partial charge in [-0.15, -0.1) is 22.7 Å². The highest BCUT2D eigenvalue weighted by molar-refractivity contribution is 7.25. The second-order valence-electron chi connectivity index (χ2n) is 15.8. The Kier molecular flexibility index (Phi) is 7.54. The van der Waals surface area contributed by atoms with Crippen LogP contribution < -0.4 is 20.7 Å². The lowest BCUT2D eigenvalue weighted by molar-refractivity contribution is -0.154. The molecule has 5 aliphatic rings. The summed E-state index contributed by atoms with van der Waals surface area (Å²) in [6.45, 7) is 0. The molecule has 8 unspecified atom stereocenters. The van der Waals surface area contributed by atoms with Gasteiger partial charge < -0.3 is 19.3 Å². The second kappa shape index (κ2) is 12.4. The van der Waals surface area contributed by atoms with Crippen molar-refractivity contribution in [2.75, 3.05) is 9.80 Å². The number of fused-ring (bicyclic) bond motifs is 8. The third kappa shape index (κ3) is 4.94. The average molecular weight is 727 g/mol. The van der Waals surface area contributed by atoms with E-state index in [0.29, 0.717) is 0 Å². The van der Waals surface area contributed by atoms with Crippen LogP contribution in [0.1, 0.15) is 64.2 Å². The Labute approximate surface area is 310 Å². The van der Waals surface area contributed by atoms with Crippen LogP contribution in [-0.4, -0.2) is 48.6 Å². The zero-order valence-electron chi connectivity index (χ0n) is 29.1. The minimum Gasteiger partial charge on any atom is -0.371 e. The quantitative estimate of drug-likeness (QED) is 0.166. The Morgan fingerprint density at radius 2 is 0.885 bits per heavy atom. The van der Waals surface area contributed by atoms with E-state index < -0.39 is 0 Å². The summed E-state index contributed by atoms with van der Waals surface area (Å²) in [5.41, 5.74) is 2.55. The third-order valence-corrected chi connectivity index (χ3v) is 15.3. The van der Waals surface area contributed by atoms with Crippen molar-refractivity contribution in [1.29, 1.82) is 0 Å². The van der Waals surface area contributed by atoms with E-state index in [-0.39, 0.29) is 59.4 Å². The highest BCUT2D eigenvalue weighted by atomic mass is 32.1. The molecule has 5 fully saturated rings. The van der Waals surface area contributed by atoms with Gasteiger partial charge >= 0.3 is 0 Å². The normalized spacial score (nSPS) is 30.2. The van der Waals surface area contributed by atoms with Crippen LogP contribution in [0.5, 0.6) is 0 Å². The predicted octanol–water partition coefficient (Wildman–Crippen LogP) is 9.41. The maximum absolute atomic E-state index is 13.9. The molecule has 0 N–H and O–H groups in total. The van der Waals surface area contributed by atoms with Crippen molar-refractivity contribution in [3.63, 3.8) is 0 Å². The lowest BCUT2D eigenvalue weighted by atomic mass is 9.76. The lowest BCUT2D eigenvalue weighted by Gasteiger charge is -2.61. The van der Waals surface area contributed by atoms with Gasteiger partial charge in [0.1, 0.15) is 0 Å². The molecule has 2 aliphatic heterocycles. The van der Waals surface area contributed by atoms with Gasteiger partial charge in [-0.25, -0.2) is 0 Å². The number of anilines is 2. The molecule has 3 aliphatic carbocycles. The molecule has 264 valence electrons. The fourth-order valence-corrected chi connectivity index (χ4v) is 12.8. The molecule has 6 nitrogen and oxygen atoms in total. The van der Waals surface area contributed by atoms with Crippen LogP contribution in [0.25, 0.3) is 40.3 Å². The summed E-state index contributed by atoms with van der Waals surface area (Å²) in [5.74, 6) is 0. The van der Waals surface area contributed by atoms with E-state index in [2.05, 4.69) is 58.3 Å². The van der Waals surface area contributed by atoms with Crippen molar-refractivity contribution in [2.45, 2.75) is 113 Å². The first-order valence-electron chi connectivity index (χ1n) is 19.4. The molecule has 0 radical (unpaired) electrons. The summed E-state index contributed by atoms with van der Waals surface area (Å²) >= 11 is 3.41. The number of hydrogen-bond acceptors (Lipinski definition) is 8. The smallest absolute Gasteiger partial charge is 0.195 e. The van der Waals surface area contributed by atoms with Crippen molar-refractivity contribution in [3.05, 3.63) is 105 Å². The minimum atomic E-state index is 0.0513. The van der Waals surface area contributed by atoms with E-state index in [9.17, 15) is 9.59 Å². The molecule has 8 heteroatoms. The van der Waals surface area contributed by atoms with Gasteiger partial charge in [-0.1, -0.05) is 49.9 Å². The Morgan fingerprint density at radius 1 is 0.462 bits per heavy atom. The van der Waals surface area contributed by atoms with Crippen LogP contribution in [0.4, 0.5) is 11.4 Å². The Bertz CT molecular complexity index is 2320. The second-order valence-corrected chi connectivity index (χ2v) is 17.9. The zero-order valence-corrected chi connectivity index (χ0v) is 30.7. The van der Waals surface area contributed by atoms with Gasteiger partial charge in [0.05, 0.1) is 48.6 Å². The van der Waals surface area contributed by atoms with Gasteiger partial charge in [-0.05, 0) is 99.2 Å². The molecule has 2 aromatic heterocycles. The molecule has 2 saturated heterocycles. The van der Waals surface area contributed by atoms with Crippen LogP contribution in [0.2, 0.25) is 0 Å². The summed E-state index contributed by atoms with van der Waals surface area (Å²) in [4.78, 5) is 33.1. The summed E-state index contributed by atoms with van der Waals surface area (Å²) in [5, 5.41) is 3.24. The van der Waals surface area contributed by atoms with Crippen molar-refractivity contribution >= 4 is 74.4 Å².